The van der Waals surface area contributed by atoms with Crippen LogP contribution in [0.4, 0.5) is 26.3 Å². The predicted molar refractivity (Wildman–Crippen MR) is 67.5 cm³/mol. The molecule has 1 aromatic rings. The molecule has 0 aliphatic carbocycles. The van der Waals surface area contributed by atoms with Crippen LogP contribution in [0.15, 0.2) is 24.5 Å². The molecule has 0 unspecified atom stereocenters. The van der Waals surface area contributed by atoms with Gasteiger partial charge in [0.1, 0.15) is 11.9 Å². The second kappa shape index (κ2) is 11.7. The molecule has 0 spiro atoms. The highest BCUT2D eigenvalue weighted by molar-refractivity contribution is 5.74. The number of esters is 1. The molecular weight excluding hydrogens is 394 g/mol. The quantitative estimate of drug-likeness (QED) is 0.429. The van der Waals surface area contributed by atoms with Crippen LogP contribution in [0.3, 0.4) is 0 Å². The third-order valence-corrected chi connectivity index (χ3v) is 2.25. The van der Waals surface area contributed by atoms with E-state index in [-0.39, 0.29) is 12.0 Å². The van der Waals surface area contributed by atoms with Crippen molar-refractivity contribution < 1.29 is 66.4 Å². The third-order valence-electron chi connectivity index (χ3n) is 2.25. The molecule has 0 aliphatic rings. The average molecular weight is 408 g/mol. The van der Waals surface area contributed by atoms with Gasteiger partial charge in [0.25, 0.3) is 0 Å². The Morgan fingerprint density at radius 3 is 1.78 bits per heavy atom. The Labute approximate surface area is 147 Å². The number of rotatable bonds is 3. The summed E-state index contributed by atoms with van der Waals surface area (Å²) in [6, 6.07) is 3.50. The van der Waals surface area contributed by atoms with Crippen molar-refractivity contribution in [2.75, 3.05) is 7.11 Å². The summed E-state index contributed by atoms with van der Waals surface area (Å²) in [7, 11) is 1.37. The van der Waals surface area contributed by atoms with Crippen molar-refractivity contribution in [1.29, 1.82) is 0 Å². The molecular formula is C13H14F6N2O6. The van der Waals surface area contributed by atoms with Gasteiger partial charge in [-0.2, -0.15) is 26.3 Å². The van der Waals surface area contributed by atoms with Crippen LogP contribution in [0.5, 0.6) is 0 Å². The molecule has 1 atom stereocenters. The largest absolute Gasteiger partial charge is 0.542 e. The number of aromatic amines is 1. The molecule has 1 rings (SSSR count). The first-order chi connectivity index (χ1) is 12.1. The maximum atomic E-state index is 11.0. The van der Waals surface area contributed by atoms with Crippen molar-refractivity contribution in [3.05, 3.63) is 30.1 Å². The highest BCUT2D eigenvalue weighted by Crippen LogP contribution is 2.12. The van der Waals surface area contributed by atoms with Crippen molar-refractivity contribution in [2.45, 2.75) is 24.8 Å². The normalized spacial score (nSPS) is 11.7. The number of alkyl halides is 6. The average Bonchev–Trinajstić information content (AvgIpc) is 2.54. The summed E-state index contributed by atoms with van der Waals surface area (Å²) < 4.78 is 67.7. The van der Waals surface area contributed by atoms with E-state index in [1.54, 1.807) is 0 Å². The second-order valence-electron chi connectivity index (χ2n) is 4.41. The van der Waals surface area contributed by atoms with E-state index in [9.17, 15) is 31.1 Å². The van der Waals surface area contributed by atoms with E-state index in [2.05, 4.69) is 15.5 Å². The van der Waals surface area contributed by atoms with Crippen LogP contribution in [0, 0.1) is 0 Å². The van der Waals surface area contributed by atoms with Crippen LogP contribution in [-0.4, -0.2) is 43.4 Å². The number of hydrogen-bond donors (Lipinski definition) is 1. The maximum Gasteiger partial charge on any atom is 0.430 e. The molecule has 0 bridgehead atoms. The molecule has 0 radical (unpaired) electrons. The number of aliphatic carboxylic acids is 2. The van der Waals surface area contributed by atoms with Crippen LogP contribution in [0.25, 0.3) is 0 Å². The monoisotopic (exact) mass is 408 g/mol. The van der Waals surface area contributed by atoms with Crippen LogP contribution in [0.1, 0.15) is 5.56 Å². The minimum Gasteiger partial charge on any atom is -0.542 e. The van der Waals surface area contributed by atoms with Crippen molar-refractivity contribution in [3.63, 3.8) is 0 Å². The van der Waals surface area contributed by atoms with E-state index >= 15 is 0 Å². The van der Waals surface area contributed by atoms with E-state index < -0.39 is 24.3 Å². The number of aromatic nitrogens is 1. The van der Waals surface area contributed by atoms with Gasteiger partial charge in [-0.25, -0.2) is 9.78 Å². The molecule has 0 aromatic carbocycles. The van der Waals surface area contributed by atoms with Gasteiger partial charge in [-0.1, -0.05) is 0 Å². The maximum absolute atomic E-state index is 11.0. The lowest BCUT2D eigenvalue weighted by molar-refractivity contribution is -0.409. The third kappa shape index (κ3) is 14.0. The number of pyridine rings is 1. The van der Waals surface area contributed by atoms with E-state index in [1.807, 2.05) is 24.5 Å². The number of ether oxygens (including phenoxy) is 1. The lowest BCUT2D eigenvalue weighted by Crippen LogP contribution is -2.66. The smallest absolute Gasteiger partial charge is 0.430 e. The number of carbonyl (C=O) groups is 3. The summed E-state index contributed by atoms with van der Waals surface area (Å²) in [6.45, 7) is 0. The predicted octanol–water partition coefficient (Wildman–Crippen LogP) is -2.58. The summed E-state index contributed by atoms with van der Waals surface area (Å²) in [5, 5.41) is 17.6. The van der Waals surface area contributed by atoms with Crippen LogP contribution < -0.4 is 20.9 Å². The Morgan fingerprint density at radius 1 is 1.11 bits per heavy atom. The lowest BCUT2D eigenvalue weighted by atomic mass is 10.1. The topological polar surface area (TPSA) is 148 Å². The molecule has 14 heteroatoms. The minimum atomic E-state index is -5.19. The molecule has 0 fully saturated rings. The molecule has 0 saturated heterocycles. The zero-order chi connectivity index (χ0) is 21.8. The minimum absolute atomic E-state index is 0.274. The summed E-state index contributed by atoms with van der Waals surface area (Å²) >= 11 is 0. The zero-order valence-electron chi connectivity index (χ0n) is 13.5. The SMILES string of the molecule is COC(=O)[C@@H]([NH3+])Cc1ccc[nH+]c1.O=C([O-])C(F)(F)F.O=C([O-])C(F)(F)F. The molecule has 0 aliphatic heterocycles. The van der Waals surface area contributed by atoms with Gasteiger partial charge in [0, 0.05) is 18.1 Å². The number of hydrogen-bond acceptors (Lipinski definition) is 6. The van der Waals surface area contributed by atoms with Gasteiger partial charge in [-0.3, -0.25) is 0 Å². The zero-order valence-corrected chi connectivity index (χ0v) is 13.5. The van der Waals surface area contributed by atoms with Crippen LogP contribution >= 0.6 is 0 Å². The van der Waals surface area contributed by atoms with E-state index in [4.69, 9.17) is 19.8 Å². The van der Waals surface area contributed by atoms with E-state index in [0.29, 0.717) is 6.42 Å². The number of carboxylic acid groups (broad SMARTS) is 2. The first-order valence-electron chi connectivity index (χ1n) is 6.55. The molecule has 1 aromatic heterocycles. The number of carbonyl (C=O) groups excluding carboxylic acids is 3. The number of halogens is 6. The van der Waals surface area contributed by atoms with Crippen LogP contribution in [-0.2, 0) is 25.5 Å². The Bertz CT molecular complexity index is 582. The van der Waals surface area contributed by atoms with Gasteiger partial charge in [-0.15, -0.1) is 0 Å². The molecule has 154 valence electrons. The molecule has 27 heavy (non-hydrogen) atoms. The highest BCUT2D eigenvalue weighted by Gasteiger charge is 2.29. The van der Waals surface area contributed by atoms with Gasteiger partial charge in [-0.05, 0) is 6.07 Å². The molecule has 4 N–H and O–H groups in total. The molecule has 0 saturated carbocycles. The standard InChI is InChI=1S/C9H12N2O2.2C2HF3O2/c1-13-9(12)8(10)5-7-3-2-4-11-6-7;2*3-2(4,5)1(6)7/h2-4,6,8H,5,10H2,1H3;2*(H,6,7)/t8-;;/m0../s1. The van der Waals surface area contributed by atoms with Crippen molar-refractivity contribution in [2.24, 2.45) is 0 Å². The first kappa shape index (κ1) is 26.3. The summed E-state index contributed by atoms with van der Waals surface area (Å²) in [5.41, 5.74) is 4.76. The lowest BCUT2D eigenvalue weighted by Gasteiger charge is -2.03. The van der Waals surface area contributed by atoms with E-state index in [1.165, 1.54) is 7.11 Å². The number of quaternary nitrogens is 1. The van der Waals surface area contributed by atoms with Gasteiger partial charge < -0.3 is 30.3 Å². The Kier molecular flexibility index (Phi) is 11.4. The van der Waals surface area contributed by atoms with Gasteiger partial charge in [0.2, 0.25) is 0 Å². The van der Waals surface area contributed by atoms with Gasteiger partial charge >= 0.3 is 18.3 Å². The number of methoxy groups -OCH3 is 1. The fraction of sp³-hybridized carbons (Fsp3) is 0.385. The summed E-state index contributed by atoms with van der Waals surface area (Å²) in [6.07, 6.45) is -6.12. The summed E-state index contributed by atoms with van der Waals surface area (Å²) in [4.78, 5) is 31.5. The highest BCUT2D eigenvalue weighted by atomic mass is 19.4. The van der Waals surface area contributed by atoms with Crippen molar-refractivity contribution in [3.8, 4) is 0 Å². The molecule has 0 amide bonds. The number of carboxylic acids is 2. The summed E-state index contributed by atoms with van der Waals surface area (Å²) in [5.74, 6) is -6.29. The van der Waals surface area contributed by atoms with Crippen LogP contribution in [0.2, 0.25) is 0 Å². The fourth-order valence-corrected chi connectivity index (χ4v) is 1.09. The van der Waals surface area contributed by atoms with E-state index in [0.717, 1.165) is 5.56 Å². The Hall–Kier alpha value is -2.90. The van der Waals surface area contributed by atoms with Gasteiger partial charge in [0.05, 0.1) is 7.11 Å². The Morgan fingerprint density at radius 2 is 1.52 bits per heavy atom. The van der Waals surface area contributed by atoms with Gasteiger partial charge in [0.15, 0.2) is 18.4 Å². The Balaban J connectivity index is 0. The molecule has 8 nitrogen and oxygen atoms in total. The number of nitrogens with one attached hydrogen (secondary N) is 1. The first-order valence-corrected chi connectivity index (χ1v) is 6.55. The van der Waals surface area contributed by atoms with Crippen molar-refractivity contribution >= 4 is 17.9 Å². The fourth-order valence-electron chi connectivity index (χ4n) is 1.09. The molecule has 1 heterocycles. The number of H-pyrrole nitrogens is 1. The second-order valence-corrected chi connectivity index (χ2v) is 4.41. The van der Waals surface area contributed by atoms with Crippen molar-refractivity contribution in [1.82, 2.24) is 0 Å².